The van der Waals surface area contributed by atoms with Crippen LogP contribution < -0.4 is 9.06 Å². The van der Waals surface area contributed by atoms with Gasteiger partial charge in [0.2, 0.25) is 5.12 Å². The van der Waals surface area contributed by atoms with Gasteiger partial charge in [0.1, 0.15) is 0 Å². The molecule has 1 aromatic heterocycles. The number of thioether (sulfide) groups is 1. The first-order chi connectivity index (χ1) is 6.15. The molecule has 2 rings (SSSR count). The van der Waals surface area contributed by atoms with Gasteiger partial charge in [0.15, 0.2) is 0 Å². The second-order valence-electron chi connectivity index (χ2n) is 2.52. The van der Waals surface area contributed by atoms with E-state index in [4.69, 9.17) is 10.0 Å². The number of rotatable bonds is 1. The Hall–Kier alpha value is -0.555. The summed E-state index contributed by atoms with van der Waals surface area (Å²) in [5, 5.41) is 17.4. The van der Waals surface area contributed by atoms with E-state index in [1.807, 2.05) is 0 Å². The Morgan fingerprint density at radius 3 is 2.85 bits per heavy atom. The molecule has 0 amide bonds. The van der Waals surface area contributed by atoms with Crippen molar-refractivity contribution in [1.29, 1.82) is 0 Å². The van der Waals surface area contributed by atoms with Gasteiger partial charge in [0.05, 0.1) is 0 Å². The summed E-state index contributed by atoms with van der Waals surface area (Å²) in [7, 11) is -1.43. The average Bonchev–Trinajstić information content (AvgIpc) is 2.41. The predicted molar refractivity (Wildman–Crippen MR) is 53.6 cm³/mol. The van der Waals surface area contributed by atoms with Crippen molar-refractivity contribution in [1.82, 2.24) is 0 Å². The van der Waals surface area contributed by atoms with Crippen LogP contribution in [0.1, 0.15) is 0 Å². The molecule has 0 saturated heterocycles. The van der Waals surface area contributed by atoms with Crippen molar-refractivity contribution in [2.24, 2.45) is 0 Å². The maximum Gasteiger partial charge on any atom is 0.482 e. The molecule has 1 aliphatic heterocycles. The molecule has 0 saturated carbocycles. The quantitative estimate of drug-likeness (QED) is 0.583. The van der Waals surface area contributed by atoms with Crippen molar-refractivity contribution in [2.45, 2.75) is 4.90 Å². The Balaban J connectivity index is 2.51. The first-order valence-corrected chi connectivity index (χ1v) is 5.20. The standard InChI is InChI=1S/C7H5BO3S2/c9-7-2-6-5(13-7)1-4(12-6)3-8(10)11/h1-3,10-11H/b4-3+. The van der Waals surface area contributed by atoms with Crippen LogP contribution in [0.25, 0.3) is 12.1 Å². The second-order valence-corrected chi connectivity index (χ2v) is 4.68. The SMILES string of the molecule is O=C1C=c2s/c(=C/B(O)O)cc2S1. The molecule has 0 atom stereocenters. The summed E-state index contributed by atoms with van der Waals surface area (Å²) in [5.41, 5.74) is 0. The van der Waals surface area contributed by atoms with Crippen LogP contribution in [0, 0.1) is 0 Å². The van der Waals surface area contributed by atoms with Crippen LogP contribution in [0.3, 0.4) is 0 Å². The van der Waals surface area contributed by atoms with Crippen molar-refractivity contribution < 1.29 is 14.8 Å². The zero-order valence-electron chi connectivity index (χ0n) is 6.43. The fourth-order valence-corrected chi connectivity index (χ4v) is 3.15. The minimum atomic E-state index is -1.43. The van der Waals surface area contributed by atoms with E-state index in [9.17, 15) is 4.79 Å². The highest BCUT2D eigenvalue weighted by Crippen LogP contribution is 2.20. The van der Waals surface area contributed by atoms with Crippen LogP contribution >= 0.6 is 23.1 Å². The lowest BCUT2D eigenvalue weighted by atomic mass is 9.92. The Morgan fingerprint density at radius 1 is 1.46 bits per heavy atom. The maximum absolute atomic E-state index is 10.9. The number of fused-ring (bicyclic) bond motifs is 1. The molecule has 1 aliphatic rings. The van der Waals surface area contributed by atoms with Gasteiger partial charge in [-0.25, -0.2) is 0 Å². The average molecular weight is 212 g/mol. The first-order valence-electron chi connectivity index (χ1n) is 3.56. The lowest BCUT2D eigenvalue weighted by Gasteiger charge is -1.83. The fourth-order valence-electron chi connectivity index (χ4n) is 1.06. The maximum atomic E-state index is 10.9. The summed E-state index contributed by atoms with van der Waals surface area (Å²) in [6, 6.07) is 1.78. The molecule has 0 bridgehead atoms. The van der Waals surface area contributed by atoms with E-state index in [1.54, 1.807) is 12.1 Å². The van der Waals surface area contributed by atoms with Gasteiger partial charge >= 0.3 is 7.12 Å². The van der Waals surface area contributed by atoms with Gasteiger partial charge in [0, 0.05) is 20.0 Å². The molecular weight excluding hydrogens is 207 g/mol. The normalized spacial score (nSPS) is 15.8. The lowest BCUT2D eigenvalue weighted by molar-refractivity contribution is -0.105. The molecule has 6 heteroatoms. The van der Waals surface area contributed by atoms with E-state index in [0.29, 0.717) is 0 Å². The second kappa shape index (κ2) is 3.30. The van der Waals surface area contributed by atoms with Gasteiger partial charge in [-0.05, 0) is 23.8 Å². The van der Waals surface area contributed by atoms with Crippen LogP contribution in [-0.2, 0) is 4.79 Å². The van der Waals surface area contributed by atoms with E-state index in [2.05, 4.69) is 0 Å². The number of hydrogen-bond donors (Lipinski definition) is 2. The molecule has 0 aliphatic carbocycles. The van der Waals surface area contributed by atoms with Crippen LogP contribution in [0.5, 0.6) is 0 Å². The molecule has 0 fully saturated rings. The van der Waals surface area contributed by atoms with E-state index < -0.39 is 7.12 Å². The van der Waals surface area contributed by atoms with Crippen LogP contribution in [0.4, 0.5) is 0 Å². The molecular formula is C7H5BO3S2. The number of carbonyl (C=O) groups excluding carboxylic acids is 1. The van der Waals surface area contributed by atoms with E-state index in [-0.39, 0.29) is 5.12 Å². The third kappa shape index (κ3) is 1.86. The molecule has 0 unspecified atom stereocenters. The van der Waals surface area contributed by atoms with Crippen LogP contribution in [0.2, 0.25) is 0 Å². The van der Waals surface area contributed by atoms with Crippen molar-refractivity contribution >= 4 is 47.4 Å². The number of carbonyl (C=O) groups is 1. The van der Waals surface area contributed by atoms with Gasteiger partial charge in [-0.1, -0.05) is 0 Å². The molecule has 0 radical (unpaired) electrons. The molecule has 66 valence electrons. The van der Waals surface area contributed by atoms with Gasteiger partial charge < -0.3 is 10.0 Å². The molecule has 2 heterocycles. The predicted octanol–water partition coefficient (Wildman–Crippen LogP) is -1.05. The molecule has 0 aromatic carbocycles. The highest BCUT2D eigenvalue weighted by atomic mass is 32.2. The molecule has 13 heavy (non-hydrogen) atoms. The van der Waals surface area contributed by atoms with Crippen LogP contribution in [-0.4, -0.2) is 22.3 Å². The highest BCUT2D eigenvalue weighted by Gasteiger charge is 2.13. The summed E-state index contributed by atoms with van der Waals surface area (Å²) in [6.07, 6.45) is 1.56. The monoisotopic (exact) mass is 212 g/mol. The number of thiophene rings is 1. The molecule has 2 N–H and O–H groups in total. The summed E-state index contributed by atoms with van der Waals surface area (Å²) < 4.78 is 1.68. The van der Waals surface area contributed by atoms with Gasteiger partial charge in [0.25, 0.3) is 0 Å². The van der Waals surface area contributed by atoms with E-state index >= 15 is 0 Å². The van der Waals surface area contributed by atoms with Crippen molar-refractivity contribution in [3.8, 4) is 0 Å². The Bertz CT molecular complexity index is 463. The molecule has 1 aromatic rings. The van der Waals surface area contributed by atoms with Crippen LogP contribution in [0.15, 0.2) is 11.0 Å². The molecule has 0 spiro atoms. The highest BCUT2D eigenvalue weighted by molar-refractivity contribution is 8.15. The summed E-state index contributed by atoms with van der Waals surface area (Å²) in [6.45, 7) is 0. The van der Waals surface area contributed by atoms with Gasteiger partial charge in [-0.3, -0.25) is 4.79 Å². The minimum Gasteiger partial charge on any atom is -0.424 e. The summed E-state index contributed by atoms with van der Waals surface area (Å²) >= 11 is 2.55. The van der Waals surface area contributed by atoms with Crippen molar-refractivity contribution in [3.63, 3.8) is 0 Å². The zero-order valence-corrected chi connectivity index (χ0v) is 8.06. The number of hydrogen-bond acceptors (Lipinski definition) is 5. The molecule has 3 nitrogen and oxygen atoms in total. The van der Waals surface area contributed by atoms with Gasteiger partial charge in [-0.15, -0.1) is 11.3 Å². The third-order valence-electron chi connectivity index (χ3n) is 1.52. The topological polar surface area (TPSA) is 57.5 Å². The largest absolute Gasteiger partial charge is 0.482 e. The van der Waals surface area contributed by atoms with E-state index in [0.717, 1.165) is 14.0 Å². The smallest absolute Gasteiger partial charge is 0.424 e. The Morgan fingerprint density at radius 2 is 2.23 bits per heavy atom. The fraction of sp³-hybridized carbons (Fsp3) is 0. The Labute approximate surface area is 82.5 Å². The summed E-state index contributed by atoms with van der Waals surface area (Å²) in [4.78, 5) is 11.8. The van der Waals surface area contributed by atoms with E-state index in [1.165, 1.54) is 29.1 Å². The zero-order chi connectivity index (χ0) is 9.42. The minimum absolute atomic E-state index is 0.0392. The Kier molecular flexibility index (Phi) is 2.29. The van der Waals surface area contributed by atoms with Gasteiger partial charge in [-0.2, -0.15) is 0 Å². The lowest BCUT2D eigenvalue weighted by Crippen LogP contribution is -2.10. The first kappa shape index (κ1) is 9.02. The third-order valence-corrected chi connectivity index (χ3v) is 3.57. The summed E-state index contributed by atoms with van der Waals surface area (Å²) in [5.74, 6) is 1.34. The van der Waals surface area contributed by atoms with Crippen molar-refractivity contribution in [2.75, 3.05) is 0 Å². The van der Waals surface area contributed by atoms with Crippen molar-refractivity contribution in [3.05, 3.63) is 15.1 Å².